The molecule has 0 saturated heterocycles. The summed E-state index contributed by atoms with van der Waals surface area (Å²) in [6.45, 7) is 5.77. The predicted octanol–water partition coefficient (Wildman–Crippen LogP) is 4.35. The molecule has 1 aromatic heterocycles. The summed E-state index contributed by atoms with van der Waals surface area (Å²) in [6, 6.07) is 11.2. The minimum atomic E-state index is -1.04. The third-order valence-electron chi connectivity index (χ3n) is 4.81. The third-order valence-corrected chi connectivity index (χ3v) is 5.06. The number of halogens is 1. The van der Waals surface area contributed by atoms with Crippen LogP contribution < -0.4 is 10.3 Å². The van der Waals surface area contributed by atoms with E-state index in [0.29, 0.717) is 29.3 Å². The van der Waals surface area contributed by atoms with E-state index in [1.807, 2.05) is 45.0 Å². The number of aromatic nitrogens is 1. The van der Waals surface area contributed by atoms with Crippen LogP contribution in [-0.4, -0.2) is 22.2 Å². The molecule has 28 heavy (non-hydrogen) atoms. The van der Waals surface area contributed by atoms with Gasteiger partial charge >= 0.3 is 5.97 Å². The maximum Gasteiger partial charge on any atom is 0.341 e. The highest BCUT2D eigenvalue weighted by atomic mass is 35.5. The van der Waals surface area contributed by atoms with Crippen LogP contribution >= 0.6 is 11.6 Å². The average molecular weight is 400 g/mol. The van der Waals surface area contributed by atoms with Crippen LogP contribution in [0.5, 0.6) is 5.75 Å². The number of nitrogens with zero attached hydrogens (tertiary/aromatic N) is 1. The summed E-state index contributed by atoms with van der Waals surface area (Å²) in [5.41, 5.74) is 4.06. The predicted molar refractivity (Wildman–Crippen MR) is 111 cm³/mol. The van der Waals surface area contributed by atoms with Gasteiger partial charge in [0.2, 0.25) is 0 Å². The first kappa shape index (κ1) is 20.0. The van der Waals surface area contributed by atoms with Crippen molar-refractivity contribution >= 4 is 28.5 Å². The highest BCUT2D eigenvalue weighted by molar-refractivity contribution is 6.30. The molecule has 5 nitrogen and oxygen atoms in total. The number of ether oxygens (including phenoxy) is 1. The van der Waals surface area contributed by atoms with Gasteiger partial charge in [0.1, 0.15) is 5.75 Å². The van der Waals surface area contributed by atoms with E-state index in [4.69, 9.17) is 21.4 Å². The number of hydrogen-bond donors (Lipinski definition) is 1. The summed E-state index contributed by atoms with van der Waals surface area (Å²) in [7, 11) is 0. The van der Waals surface area contributed by atoms with Crippen LogP contribution in [0.1, 0.15) is 29.2 Å². The zero-order chi connectivity index (χ0) is 20.4. The molecule has 0 fully saturated rings. The lowest BCUT2D eigenvalue weighted by Crippen LogP contribution is -2.25. The summed E-state index contributed by atoms with van der Waals surface area (Å²) < 4.78 is 7.29. The van der Waals surface area contributed by atoms with Crippen molar-refractivity contribution < 1.29 is 14.6 Å². The van der Waals surface area contributed by atoms with Gasteiger partial charge in [-0.25, -0.2) is 4.79 Å². The number of aliphatic carboxylic acids is 1. The molecule has 3 aromatic rings. The molecule has 1 N–H and O–H groups in total. The summed E-state index contributed by atoms with van der Waals surface area (Å²) in [4.78, 5) is 24.2. The largest absolute Gasteiger partial charge is 0.481 e. The molecule has 0 aliphatic rings. The van der Waals surface area contributed by atoms with Crippen molar-refractivity contribution in [3.63, 3.8) is 0 Å². The Morgan fingerprint density at radius 2 is 1.86 bits per heavy atom. The third kappa shape index (κ3) is 3.90. The van der Waals surface area contributed by atoms with Crippen molar-refractivity contribution in [3.05, 3.63) is 74.0 Å². The van der Waals surface area contributed by atoms with Crippen LogP contribution in [0.15, 0.2) is 41.2 Å². The first-order chi connectivity index (χ1) is 13.3. The molecule has 0 aliphatic heterocycles. The molecule has 0 amide bonds. The highest BCUT2D eigenvalue weighted by Crippen LogP contribution is 2.32. The van der Waals surface area contributed by atoms with Crippen molar-refractivity contribution in [2.45, 2.75) is 33.7 Å². The fraction of sp³-hybridized carbons (Fsp3) is 0.273. The molecule has 0 spiro atoms. The normalized spacial score (nSPS) is 11.0. The monoisotopic (exact) mass is 399 g/mol. The van der Waals surface area contributed by atoms with Gasteiger partial charge in [0.15, 0.2) is 6.61 Å². The number of carboxylic acid groups (broad SMARTS) is 1. The molecule has 146 valence electrons. The fourth-order valence-electron chi connectivity index (χ4n) is 3.49. The summed E-state index contributed by atoms with van der Waals surface area (Å²) >= 11 is 5.97. The van der Waals surface area contributed by atoms with E-state index >= 15 is 0 Å². The Bertz CT molecular complexity index is 1100. The van der Waals surface area contributed by atoms with Crippen LogP contribution in [-0.2, 0) is 17.8 Å². The highest BCUT2D eigenvalue weighted by Gasteiger charge is 2.18. The molecule has 6 heteroatoms. The first-order valence-electron chi connectivity index (χ1n) is 9.07. The van der Waals surface area contributed by atoms with Crippen molar-refractivity contribution in [2.75, 3.05) is 6.61 Å². The minimum absolute atomic E-state index is 0.0442. The molecular weight excluding hydrogens is 378 g/mol. The molecule has 0 atom stereocenters. The van der Waals surface area contributed by atoms with E-state index in [2.05, 4.69) is 0 Å². The maximum absolute atomic E-state index is 13.2. The SMILES string of the molecule is CCn1c(=O)c(Cc2ccc(Cl)cc2)c(C)c2c(OCC(=O)O)cc(C)cc21. The zero-order valence-corrected chi connectivity index (χ0v) is 16.8. The number of fused-ring (bicyclic) bond motifs is 1. The Kier molecular flexibility index (Phi) is 5.75. The smallest absolute Gasteiger partial charge is 0.341 e. The van der Waals surface area contributed by atoms with E-state index in [9.17, 15) is 9.59 Å². The van der Waals surface area contributed by atoms with Crippen molar-refractivity contribution in [1.29, 1.82) is 0 Å². The van der Waals surface area contributed by atoms with E-state index in [0.717, 1.165) is 27.6 Å². The Hall–Kier alpha value is -2.79. The molecule has 0 saturated carbocycles. The number of carbonyl (C=O) groups is 1. The summed E-state index contributed by atoms with van der Waals surface area (Å²) in [6.07, 6.45) is 0.462. The van der Waals surface area contributed by atoms with Crippen LogP contribution in [0.25, 0.3) is 10.9 Å². The molecular formula is C22H22ClNO4. The quantitative estimate of drug-likeness (QED) is 0.669. The Labute approximate surface area is 168 Å². The van der Waals surface area contributed by atoms with Gasteiger partial charge < -0.3 is 14.4 Å². The van der Waals surface area contributed by atoms with E-state index in [1.54, 1.807) is 16.7 Å². The second-order valence-electron chi connectivity index (χ2n) is 6.80. The molecule has 1 heterocycles. The number of pyridine rings is 1. The van der Waals surface area contributed by atoms with Gasteiger partial charge in [-0.1, -0.05) is 23.7 Å². The maximum atomic E-state index is 13.2. The van der Waals surface area contributed by atoms with Crippen LogP contribution in [0, 0.1) is 13.8 Å². The van der Waals surface area contributed by atoms with Crippen molar-refractivity contribution in [2.24, 2.45) is 0 Å². The first-order valence-corrected chi connectivity index (χ1v) is 9.45. The lowest BCUT2D eigenvalue weighted by molar-refractivity contribution is -0.139. The summed E-state index contributed by atoms with van der Waals surface area (Å²) in [5, 5.41) is 10.4. The molecule has 0 bridgehead atoms. The van der Waals surface area contributed by atoms with Gasteiger partial charge in [0.25, 0.3) is 5.56 Å². The fourth-order valence-corrected chi connectivity index (χ4v) is 3.62. The Balaban J connectivity index is 2.25. The number of hydrogen-bond acceptors (Lipinski definition) is 3. The molecule has 2 aromatic carbocycles. The standard InChI is InChI=1S/C22H22ClNO4/c1-4-24-18-9-13(2)10-19(28-12-20(25)26)21(18)14(3)17(22(24)27)11-15-5-7-16(23)8-6-15/h5-10H,4,11-12H2,1-3H3,(H,25,26). The van der Waals surface area contributed by atoms with Gasteiger partial charge in [-0.15, -0.1) is 0 Å². The summed E-state index contributed by atoms with van der Waals surface area (Å²) in [5.74, 6) is -0.563. The number of aryl methyl sites for hydroxylation is 3. The lowest BCUT2D eigenvalue weighted by atomic mass is 9.97. The van der Waals surface area contributed by atoms with Crippen molar-refractivity contribution in [1.82, 2.24) is 4.57 Å². The van der Waals surface area contributed by atoms with Gasteiger partial charge in [0, 0.05) is 28.9 Å². The Morgan fingerprint density at radius 1 is 1.18 bits per heavy atom. The lowest BCUT2D eigenvalue weighted by Gasteiger charge is -2.18. The zero-order valence-electron chi connectivity index (χ0n) is 16.1. The van der Waals surface area contributed by atoms with Crippen molar-refractivity contribution in [3.8, 4) is 5.75 Å². The number of rotatable bonds is 6. The van der Waals surface area contributed by atoms with Crippen LogP contribution in [0.3, 0.4) is 0 Å². The Morgan fingerprint density at radius 3 is 2.46 bits per heavy atom. The van der Waals surface area contributed by atoms with Crippen LogP contribution in [0.2, 0.25) is 5.02 Å². The van der Waals surface area contributed by atoms with Crippen LogP contribution in [0.4, 0.5) is 0 Å². The van der Waals surface area contributed by atoms with E-state index < -0.39 is 12.6 Å². The molecule has 0 unspecified atom stereocenters. The topological polar surface area (TPSA) is 68.5 Å². The van der Waals surface area contributed by atoms with Gasteiger partial charge in [-0.2, -0.15) is 0 Å². The second kappa shape index (κ2) is 8.07. The van der Waals surface area contributed by atoms with Gasteiger partial charge in [0.05, 0.1) is 5.52 Å². The van der Waals surface area contributed by atoms with Gasteiger partial charge in [-0.05, 0) is 61.7 Å². The molecule has 0 aliphatic carbocycles. The molecule has 3 rings (SSSR count). The van der Waals surface area contributed by atoms with E-state index in [-0.39, 0.29) is 5.56 Å². The minimum Gasteiger partial charge on any atom is -0.481 e. The van der Waals surface area contributed by atoms with E-state index in [1.165, 1.54) is 0 Å². The van der Waals surface area contributed by atoms with Gasteiger partial charge in [-0.3, -0.25) is 4.79 Å². The number of carboxylic acids is 1. The second-order valence-corrected chi connectivity index (χ2v) is 7.23. The molecule has 0 radical (unpaired) electrons. The average Bonchev–Trinajstić information content (AvgIpc) is 2.64. The number of benzene rings is 2.